The Morgan fingerprint density at radius 1 is 1.29 bits per heavy atom. The molecule has 14 heavy (non-hydrogen) atoms. The average Bonchev–Trinajstić information content (AvgIpc) is 1.96. The zero-order valence-electron chi connectivity index (χ0n) is 6.96. The van der Waals surface area contributed by atoms with Crippen molar-refractivity contribution in [1.29, 1.82) is 0 Å². The highest BCUT2D eigenvalue weighted by Gasteiger charge is 2.12. The van der Waals surface area contributed by atoms with Gasteiger partial charge in [-0.2, -0.15) is 0 Å². The predicted octanol–water partition coefficient (Wildman–Crippen LogP) is 1.93. The Hall–Kier alpha value is 0.340. The van der Waals surface area contributed by atoms with E-state index in [1.165, 1.54) is 0 Å². The second kappa shape index (κ2) is 4.46. The monoisotopic (exact) mass is 366 g/mol. The summed E-state index contributed by atoms with van der Waals surface area (Å²) in [6, 6.07) is 0. The SMILES string of the molecule is CS(=O)(=O)Cc1nc(Cl)c(I)c(Cl)n1. The molecular formula is C6H5Cl2IN2O2S. The lowest BCUT2D eigenvalue weighted by molar-refractivity contribution is 0.599. The first-order valence-electron chi connectivity index (χ1n) is 3.35. The molecule has 1 heterocycles. The molecule has 0 radical (unpaired) electrons. The molecule has 0 amide bonds. The molecule has 0 fully saturated rings. The van der Waals surface area contributed by atoms with Crippen molar-refractivity contribution >= 4 is 55.6 Å². The second-order valence-electron chi connectivity index (χ2n) is 2.61. The van der Waals surface area contributed by atoms with Crippen LogP contribution in [-0.2, 0) is 15.6 Å². The smallest absolute Gasteiger partial charge is 0.154 e. The van der Waals surface area contributed by atoms with Crippen molar-refractivity contribution in [1.82, 2.24) is 9.97 Å². The molecule has 0 aliphatic heterocycles. The molecule has 0 N–H and O–H groups in total. The van der Waals surface area contributed by atoms with Crippen molar-refractivity contribution in [3.05, 3.63) is 19.7 Å². The Morgan fingerprint density at radius 3 is 2.07 bits per heavy atom. The summed E-state index contributed by atoms with van der Waals surface area (Å²) >= 11 is 13.3. The molecule has 4 nitrogen and oxygen atoms in total. The van der Waals surface area contributed by atoms with Gasteiger partial charge in [0.05, 0.1) is 3.57 Å². The minimum absolute atomic E-state index is 0.114. The zero-order chi connectivity index (χ0) is 10.9. The summed E-state index contributed by atoms with van der Waals surface area (Å²) in [6.07, 6.45) is 1.09. The standard InChI is InChI=1S/C6H5Cl2IN2O2S/c1-14(12,13)2-3-10-5(7)4(9)6(8)11-3/h2H2,1H3. The molecule has 0 unspecified atom stereocenters. The highest BCUT2D eigenvalue weighted by molar-refractivity contribution is 14.1. The van der Waals surface area contributed by atoms with Crippen LogP contribution in [0.4, 0.5) is 0 Å². The van der Waals surface area contributed by atoms with Crippen LogP contribution in [-0.4, -0.2) is 24.6 Å². The first-order chi connectivity index (χ1) is 6.29. The van der Waals surface area contributed by atoms with Crippen LogP contribution in [0.2, 0.25) is 10.3 Å². The number of halogens is 3. The number of hydrogen-bond donors (Lipinski definition) is 0. The summed E-state index contributed by atoms with van der Waals surface area (Å²) in [5, 5.41) is 0.341. The van der Waals surface area contributed by atoms with Crippen LogP contribution in [0.3, 0.4) is 0 Å². The van der Waals surface area contributed by atoms with E-state index in [4.69, 9.17) is 23.2 Å². The fourth-order valence-electron chi connectivity index (χ4n) is 0.734. The van der Waals surface area contributed by atoms with Gasteiger partial charge in [-0.3, -0.25) is 0 Å². The maximum atomic E-state index is 10.9. The van der Waals surface area contributed by atoms with Crippen LogP contribution in [0.15, 0.2) is 0 Å². The van der Waals surface area contributed by atoms with Gasteiger partial charge in [-0.15, -0.1) is 0 Å². The second-order valence-corrected chi connectivity index (χ2v) is 6.54. The summed E-state index contributed by atoms with van der Waals surface area (Å²) in [5.41, 5.74) is 0. The first kappa shape index (κ1) is 12.4. The van der Waals surface area contributed by atoms with Crippen LogP contribution in [0.25, 0.3) is 0 Å². The van der Waals surface area contributed by atoms with Crippen molar-refractivity contribution in [3.63, 3.8) is 0 Å². The topological polar surface area (TPSA) is 59.9 Å². The highest BCUT2D eigenvalue weighted by atomic mass is 127. The van der Waals surface area contributed by atoms with E-state index in [2.05, 4.69) is 9.97 Å². The van der Waals surface area contributed by atoms with Gasteiger partial charge in [-0.05, 0) is 22.6 Å². The fraction of sp³-hybridized carbons (Fsp3) is 0.333. The van der Waals surface area contributed by atoms with Crippen LogP contribution >= 0.6 is 45.8 Å². The number of sulfone groups is 1. The number of nitrogens with zero attached hydrogens (tertiary/aromatic N) is 2. The molecule has 0 saturated heterocycles. The molecule has 1 aromatic rings. The van der Waals surface area contributed by atoms with Crippen molar-refractivity contribution < 1.29 is 8.42 Å². The number of rotatable bonds is 2. The molecule has 78 valence electrons. The third kappa shape index (κ3) is 3.48. The fourth-order valence-corrected chi connectivity index (χ4v) is 2.00. The van der Waals surface area contributed by atoms with Crippen LogP contribution in [0.5, 0.6) is 0 Å². The van der Waals surface area contributed by atoms with Gasteiger partial charge in [0, 0.05) is 6.26 Å². The molecule has 0 bridgehead atoms. The lowest BCUT2D eigenvalue weighted by atomic mass is 10.6. The van der Waals surface area contributed by atoms with E-state index in [1.54, 1.807) is 0 Å². The van der Waals surface area contributed by atoms with Gasteiger partial charge in [0.2, 0.25) is 0 Å². The third-order valence-electron chi connectivity index (χ3n) is 1.21. The van der Waals surface area contributed by atoms with Crippen molar-refractivity contribution in [2.75, 3.05) is 6.26 Å². The summed E-state index contributed by atoms with van der Waals surface area (Å²) < 4.78 is 22.4. The van der Waals surface area contributed by atoms with Gasteiger partial charge in [0.25, 0.3) is 0 Å². The molecule has 0 aliphatic carbocycles. The number of hydrogen-bond acceptors (Lipinski definition) is 4. The summed E-state index contributed by atoms with van der Waals surface area (Å²) in [7, 11) is -3.17. The molecule has 1 rings (SSSR count). The zero-order valence-corrected chi connectivity index (χ0v) is 11.4. The molecule has 0 aliphatic rings. The van der Waals surface area contributed by atoms with Crippen molar-refractivity contribution in [2.24, 2.45) is 0 Å². The quantitative estimate of drug-likeness (QED) is 0.592. The summed E-state index contributed by atoms with van der Waals surface area (Å²) in [4.78, 5) is 7.60. The van der Waals surface area contributed by atoms with E-state index < -0.39 is 9.84 Å². The van der Waals surface area contributed by atoms with Gasteiger partial charge in [0.1, 0.15) is 21.9 Å². The predicted molar refractivity (Wildman–Crippen MR) is 63.3 cm³/mol. The van der Waals surface area contributed by atoms with Crippen molar-refractivity contribution in [2.45, 2.75) is 5.75 Å². The van der Waals surface area contributed by atoms with E-state index in [-0.39, 0.29) is 21.9 Å². The van der Waals surface area contributed by atoms with Gasteiger partial charge < -0.3 is 0 Å². The Kier molecular flexibility index (Phi) is 3.95. The van der Waals surface area contributed by atoms with E-state index in [1.807, 2.05) is 22.6 Å². The normalized spacial score (nSPS) is 11.7. The molecular weight excluding hydrogens is 362 g/mol. The van der Waals surface area contributed by atoms with E-state index in [0.29, 0.717) is 3.57 Å². The van der Waals surface area contributed by atoms with Crippen LogP contribution in [0, 0.1) is 3.57 Å². The maximum Gasteiger partial charge on any atom is 0.154 e. The molecule has 1 aromatic heterocycles. The minimum atomic E-state index is -3.17. The van der Waals surface area contributed by atoms with Gasteiger partial charge in [0.15, 0.2) is 9.84 Å². The molecule has 0 spiro atoms. The maximum absolute atomic E-state index is 10.9. The largest absolute Gasteiger partial charge is 0.229 e. The Labute approximate surface area is 105 Å². The first-order valence-corrected chi connectivity index (χ1v) is 7.24. The van der Waals surface area contributed by atoms with Gasteiger partial charge >= 0.3 is 0 Å². The van der Waals surface area contributed by atoms with E-state index in [9.17, 15) is 8.42 Å². The van der Waals surface area contributed by atoms with Crippen LogP contribution < -0.4 is 0 Å². The van der Waals surface area contributed by atoms with Gasteiger partial charge in [-0.1, -0.05) is 23.2 Å². The lowest BCUT2D eigenvalue weighted by Gasteiger charge is -2.02. The minimum Gasteiger partial charge on any atom is -0.229 e. The highest BCUT2D eigenvalue weighted by Crippen LogP contribution is 2.23. The van der Waals surface area contributed by atoms with E-state index >= 15 is 0 Å². The van der Waals surface area contributed by atoms with Crippen molar-refractivity contribution in [3.8, 4) is 0 Å². The summed E-state index contributed by atoms with van der Waals surface area (Å²) in [6.45, 7) is 0. The number of aromatic nitrogens is 2. The Bertz CT molecular complexity index is 440. The lowest BCUT2D eigenvalue weighted by Crippen LogP contribution is -2.06. The molecule has 0 saturated carbocycles. The third-order valence-corrected chi connectivity index (χ3v) is 4.20. The molecule has 0 atom stereocenters. The van der Waals surface area contributed by atoms with Gasteiger partial charge in [-0.25, -0.2) is 18.4 Å². The Morgan fingerprint density at radius 2 is 1.71 bits per heavy atom. The average molecular weight is 367 g/mol. The molecule has 0 aromatic carbocycles. The Balaban J connectivity index is 3.14. The summed E-state index contributed by atoms with van der Waals surface area (Å²) in [5.74, 6) is -0.147. The molecule has 8 heteroatoms. The van der Waals surface area contributed by atoms with Crippen LogP contribution in [0.1, 0.15) is 5.82 Å². The van der Waals surface area contributed by atoms with E-state index in [0.717, 1.165) is 6.26 Å².